The fraction of sp³-hybridized carbons (Fsp3) is 0.458. The second kappa shape index (κ2) is 8.16. The first kappa shape index (κ1) is 21.1. The summed E-state index contributed by atoms with van der Waals surface area (Å²) in [6.07, 6.45) is 3.94. The van der Waals surface area contributed by atoms with Crippen molar-refractivity contribution in [2.75, 3.05) is 13.1 Å². The average molecular weight is 427 g/mol. The number of sulfonamides is 1. The molecular weight excluding hydrogens is 396 g/mol. The quantitative estimate of drug-likeness (QED) is 0.663. The molecule has 5 nitrogen and oxygen atoms in total. The third-order valence-electron chi connectivity index (χ3n) is 6.37. The number of amides is 1. The van der Waals surface area contributed by atoms with Crippen LogP contribution in [0, 0.1) is 6.92 Å². The molecule has 0 bridgehead atoms. The van der Waals surface area contributed by atoms with Crippen molar-refractivity contribution in [1.29, 1.82) is 0 Å². The molecule has 2 aliphatic rings. The molecule has 2 aromatic rings. The van der Waals surface area contributed by atoms with Crippen molar-refractivity contribution in [1.82, 2.24) is 9.21 Å². The van der Waals surface area contributed by atoms with Crippen LogP contribution < -0.4 is 0 Å². The minimum Gasteiger partial charge on any atom is -0.329 e. The molecule has 0 spiro atoms. The van der Waals surface area contributed by atoms with Crippen LogP contribution in [0.1, 0.15) is 66.2 Å². The van der Waals surface area contributed by atoms with Gasteiger partial charge in [0.15, 0.2) is 0 Å². The number of hydrogen-bond donors (Lipinski definition) is 0. The maximum atomic E-state index is 13.6. The van der Waals surface area contributed by atoms with E-state index in [-0.39, 0.29) is 22.9 Å². The highest BCUT2D eigenvalue weighted by Crippen LogP contribution is 2.42. The molecule has 2 aliphatic carbocycles. The third-order valence-corrected chi connectivity index (χ3v) is 8.56. The Hall–Kier alpha value is -2.18. The lowest BCUT2D eigenvalue weighted by Crippen LogP contribution is -2.36. The van der Waals surface area contributed by atoms with Gasteiger partial charge in [0.2, 0.25) is 10.0 Å². The summed E-state index contributed by atoms with van der Waals surface area (Å²) in [5, 5.41) is 0. The van der Waals surface area contributed by atoms with E-state index in [1.165, 1.54) is 15.4 Å². The van der Waals surface area contributed by atoms with E-state index < -0.39 is 10.0 Å². The smallest absolute Gasteiger partial charge is 0.254 e. The number of aryl methyl sites for hydroxylation is 2. The molecule has 1 amide bonds. The van der Waals surface area contributed by atoms with Crippen LogP contribution in [0.4, 0.5) is 0 Å². The van der Waals surface area contributed by atoms with E-state index in [1.54, 1.807) is 25.1 Å². The lowest BCUT2D eigenvalue weighted by Gasteiger charge is -2.30. The minimum absolute atomic E-state index is 0.0600. The van der Waals surface area contributed by atoms with Crippen LogP contribution in [-0.4, -0.2) is 42.7 Å². The molecule has 2 aromatic carbocycles. The molecule has 30 heavy (non-hydrogen) atoms. The van der Waals surface area contributed by atoms with Gasteiger partial charge in [0.1, 0.15) is 0 Å². The van der Waals surface area contributed by atoms with Gasteiger partial charge in [-0.3, -0.25) is 4.79 Å². The SMILES string of the molecule is CCN(CC)S(=O)(=O)c1cc(C(=O)N(C2CC2)C2CCc3ccccc32)ccc1C. The fourth-order valence-corrected chi connectivity index (χ4v) is 6.31. The Bertz CT molecular complexity index is 1060. The van der Waals surface area contributed by atoms with E-state index in [2.05, 4.69) is 18.2 Å². The number of rotatable bonds is 7. The molecule has 160 valence electrons. The molecule has 0 aromatic heterocycles. The van der Waals surface area contributed by atoms with Gasteiger partial charge in [0, 0.05) is 24.7 Å². The largest absolute Gasteiger partial charge is 0.329 e. The number of fused-ring (bicyclic) bond motifs is 1. The Labute approximate surface area is 179 Å². The van der Waals surface area contributed by atoms with E-state index in [0.717, 1.165) is 25.7 Å². The van der Waals surface area contributed by atoms with Crippen LogP contribution in [0.5, 0.6) is 0 Å². The molecule has 0 radical (unpaired) electrons. The van der Waals surface area contributed by atoms with Gasteiger partial charge < -0.3 is 4.90 Å². The Morgan fingerprint density at radius 2 is 1.73 bits per heavy atom. The lowest BCUT2D eigenvalue weighted by atomic mass is 10.0. The van der Waals surface area contributed by atoms with E-state index in [1.807, 2.05) is 24.8 Å². The molecular formula is C24H30N2O3S. The van der Waals surface area contributed by atoms with Crippen LogP contribution in [0.3, 0.4) is 0 Å². The van der Waals surface area contributed by atoms with Crippen molar-refractivity contribution in [3.05, 3.63) is 64.7 Å². The first-order chi connectivity index (χ1) is 14.4. The molecule has 1 fully saturated rings. The van der Waals surface area contributed by atoms with Crippen molar-refractivity contribution >= 4 is 15.9 Å². The Balaban J connectivity index is 1.71. The summed E-state index contributed by atoms with van der Waals surface area (Å²) in [4.78, 5) is 15.9. The van der Waals surface area contributed by atoms with E-state index in [4.69, 9.17) is 0 Å². The molecule has 0 saturated heterocycles. The molecule has 4 rings (SSSR count). The van der Waals surface area contributed by atoms with Gasteiger partial charge in [-0.15, -0.1) is 0 Å². The monoisotopic (exact) mass is 426 g/mol. The average Bonchev–Trinajstić information content (AvgIpc) is 3.48. The van der Waals surface area contributed by atoms with Gasteiger partial charge in [-0.25, -0.2) is 8.42 Å². The van der Waals surface area contributed by atoms with Crippen LogP contribution >= 0.6 is 0 Å². The van der Waals surface area contributed by atoms with E-state index >= 15 is 0 Å². The molecule has 1 atom stereocenters. The molecule has 0 aliphatic heterocycles. The molecule has 0 N–H and O–H groups in total. The van der Waals surface area contributed by atoms with Crippen molar-refractivity contribution < 1.29 is 13.2 Å². The number of carbonyl (C=O) groups excluding carboxylic acids is 1. The van der Waals surface area contributed by atoms with Gasteiger partial charge in [-0.2, -0.15) is 4.31 Å². The van der Waals surface area contributed by atoms with Crippen LogP contribution in [0.15, 0.2) is 47.4 Å². The van der Waals surface area contributed by atoms with Gasteiger partial charge in [0.25, 0.3) is 5.91 Å². The van der Waals surface area contributed by atoms with Crippen LogP contribution in [-0.2, 0) is 16.4 Å². The van der Waals surface area contributed by atoms with Crippen molar-refractivity contribution in [3.8, 4) is 0 Å². The highest BCUT2D eigenvalue weighted by Gasteiger charge is 2.41. The highest BCUT2D eigenvalue weighted by atomic mass is 32.2. The topological polar surface area (TPSA) is 57.7 Å². The van der Waals surface area contributed by atoms with E-state index in [9.17, 15) is 13.2 Å². The first-order valence-corrected chi connectivity index (χ1v) is 12.3. The molecule has 0 heterocycles. The second-order valence-electron chi connectivity index (χ2n) is 8.27. The minimum atomic E-state index is -3.62. The lowest BCUT2D eigenvalue weighted by molar-refractivity contribution is 0.0658. The van der Waals surface area contributed by atoms with Gasteiger partial charge in [-0.05, 0) is 61.4 Å². The Kier molecular flexibility index (Phi) is 5.73. The summed E-state index contributed by atoms with van der Waals surface area (Å²) < 4.78 is 27.7. The van der Waals surface area contributed by atoms with Gasteiger partial charge in [0.05, 0.1) is 10.9 Å². The van der Waals surface area contributed by atoms with Crippen molar-refractivity contribution in [2.24, 2.45) is 0 Å². The summed E-state index contributed by atoms with van der Waals surface area (Å²) in [5.74, 6) is -0.0600. The number of hydrogen-bond acceptors (Lipinski definition) is 3. The zero-order valence-corrected chi connectivity index (χ0v) is 18.8. The second-order valence-corrected chi connectivity index (χ2v) is 10.2. The fourth-order valence-electron chi connectivity index (χ4n) is 4.60. The first-order valence-electron chi connectivity index (χ1n) is 10.9. The summed E-state index contributed by atoms with van der Waals surface area (Å²) in [6.45, 7) is 6.26. The normalized spacial score (nSPS) is 18.5. The maximum absolute atomic E-state index is 13.6. The zero-order valence-electron chi connectivity index (χ0n) is 18.0. The van der Waals surface area contributed by atoms with Crippen molar-refractivity contribution in [2.45, 2.75) is 63.4 Å². The van der Waals surface area contributed by atoms with Gasteiger partial charge >= 0.3 is 0 Å². The summed E-state index contributed by atoms with van der Waals surface area (Å²) in [6, 6.07) is 13.8. The predicted molar refractivity (Wildman–Crippen MR) is 118 cm³/mol. The summed E-state index contributed by atoms with van der Waals surface area (Å²) in [5.41, 5.74) is 3.68. The summed E-state index contributed by atoms with van der Waals surface area (Å²) in [7, 11) is -3.62. The van der Waals surface area contributed by atoms with E-state index in [0.29, 0.717) is 24.2 Å². The standard InChI is InChI=1S/C24H30N2O3S/c1-4-25(5-2)30(28,29)23-16-19(11-10-17(23)3)24(27)26(20-13-14-20)22-15-12-18-8-6-7-9-21(18)22/h6-11,16,20,22H,4-5,12-15H2,1-3H3. The predicted octanol–water partition coefficient (Wildman–Crippen LogP) is 4.32. The molecule has 1 unspecified atom stereocenters. The Morgan fingerprint density at radius 1 is 1.03 bits per heavy atom. The number of benzene rings is 2. The maximum Gasteiger partial charge on any atom is 0.254 e. The van der Waals surface area contributed by atoms with Gasteiger partial charge in [-0.1, -0.05) is 44.2 Å². The number of carbonyl (C=O) groups is 1. The van der Waals surface area contributed by atoms with Crippen LogP contribution in [0.25, 0.3) is 0 Å². The zero-order chi connectivity index (χ0) is 21.5. The highest BCUT2D eigenvalue weighted by molar-refractivity contribution is 7.89. The van der Waals surface area contributed by atoms with Crippen LogP contribution in [0.2, 0.25) is 0 Å². The third kappa shape index (κ3) is 3.67. The number of nitrogens with zero attached hydrogens (tertiary/aromatic N) is 2. The molecule has 6 heteroatoms. The Morgan fingerprint density at radius 3 is 2.40 bits per heavy atom. The summed E-state index contributed by atoms with van der Waals surface area (Å²) >= 11 is 0. The van der Waals surface area contributed by atoms with Crippen molar-refractivity contribution in [3.63, 3.8) is 0 Å². The molecule has 1 saturated carbocycles.